The molecule has 0 aliphatic heterocycles. The molecule has 0 fully saturated rings. The van der Waals surface area contributed by atoms with Crippen LogP contribution < -0.4 is 0 Å². The van der Waals surface area contributed by atoms with Gasteiger partial charge >= 0.3 is 12.1 Å². The molecule has 1 aromatic heterocycles. The number of allylic oxidation sites excluding steroid dienone is 1. The molecule has 150 valence electrons. The summed E-state index contributed by atoms with van der Waals surface area (Å²) in [5.41, 5.74) is 2.70. The fourth-order valence-electron chi connectivity index (χ4n) is 1.85. The molecule has 9 heteroatoms. The van der Waals surface area contributed by atoms with E-state index in [1.807, 2.05) is 13.0 Å². The SMILES string of the molecule is C/C(=C/C(=O)N(C)C)c1ccc(-c2ccccc2F)nc1.O=C(O)C(F)(F)F. The number of halogens is 4. The Morgan fingerprint density at radius 3 is 2.11 bits per heavy atom. The van der Waals surface area contributed by atoms with Crippen LogP contribution in [0.5, 0.6) is 0 Å². The number of nitrogens with zero attached hydrogens (tertiary/aromatic N) is 2. The molecule has 1 aromatic carbocycles. The van der Waals surface area contributed by atoms with Crippen LogP contribution in [0.15, 0.2) is 48.7 Å². The third-order valence-corrected chi connectivity index (χ3v) is 3.39. The molecule has 0 aliphatic rings. The number of rotatable bonds is 3. The second-order valence-electron chi connectivity index (χ2n) is 5.77. The molecule has 0 spiro atoms. The largest absolute Gasteiger partial charge is 0.490 e. The molecule has 2 rings (SSSR count). The van der Waals surface area contributed by atoms with Crippen LogP contribution in [0.25, 0.3) is 16.8 Å². The summed E-state index contributed by atoms with van der Waals surface area (Å²) >= 11 is 0. The smallest absolute Gasteiger partial charge is 0.475 e. The van der Waals surface area contributed by atoms with Gasteiger partial charge in [-0.2, -0.15) is 13.2 Å². The predicted octanol–water partition coefficient (Wildman–Crippen LogP) is 4.01. The second-order valence-corrected chi connectivity index (χ2v) is 5.77. The molecule has 28 heavy (non-hydrogen) atoms. The van der Waals surface area contributed by atoms with E-state index in [0.29, 0.717) is 11.3 Å². The van der Waals surface area contributed by atoms with Crippen molar-refractivity contribution in [1.82, 2.24) is 9.88 Å². The van der Waals surface area contributed by atoms with E-state index < -0.39 is 12.1 Å². The Bertz CT molecular complexity index is 860. The third-order valence-electron chi connectivity index (χ3n) is 3.39. The normalized spacial score (nSPS) is 11.3. The van der Waals surface area contributed by atoms with E-state index in [4.69, 9.17) is 9.90 Å². The number of hydrogen-bond acceptors (Lipinski definition) is 3. The molecule has 0 aliphatic carbocycles. The Morgan fingerprint density at radius 2 is 1.68 bits per heavy atom. The molecular formula is C19H18F4N2O3. The monoisotopic (exact) mass is 398 g/mol. The van der Waals surface area contributed by atoms with Gasteiger partial charge in [0.2, 0.25) is 5.91 Å². The first-order valence-electron chi connectivity index (χ1n) is 7.84. The Labute approximate surface area is 158 Å². The summed E-state index contributed by atoms with van der Waals surface area (Å²) in [5, 5.41) is 7.12. The molecule has 0 saturated carbocycles. The second kappa shape index (κ2) is 9.63. The minimum absolute atomic E-state index is 0.0781. The first-order chi connectivity index (χ1) is 12.9. The quantitative estimate of drug-likeness (QED) is 0.627. The summed E-state index contributed by atoms with van der Waals surface area (Å²) in [6, 6.07) is 10.1. The van der Waals surface area contributed by atoms with Gasteiger partial charge in [0, 0.05) is 31.9 Å². The van der Waals surface area contributed by atoms with Crippen LogP contribution >= 0.6 is 0 Å². The first kappa shape index (κ1) is 22.8. The maximum Gasteiger partial charge on any atom is 0.490 e. The van der Waals surface area contributed by atoms with Crippen LogP contribution in [0, 0.1) is 5.82 Å². The summed E-state index contributed by atoms with van der Waals surface area (Å²) in [6.45, 7) is 1.85. The van der Waals surface area contributed by atoms with Crippen LogP contribution in [0.2, 0.25) is 0 Å². The number of carbonyl (C=O) groups is 2. The fraction of sp³-hybridized carbons (Fsp3) is 0.211. The zero-order chi connectivity index (χ0) is 21.5. The molecule has 1 N–H and O–H groups in total. The number of pyridine rings is 1. The lowest BCUT2D eigenvalue weighted by Gasteiger charge is -2.08. The minimum Gasteiger partial charge on any atom is -0.475 e. The van der Waals surface area contributed by atoms with E-state index in [9.17, 15) is 22.4 Å². The summed E-state index contributed by atoms with van der Waals surface area (Å²) in [7, 11) is 3.40. The number of benzene rings is 1. The van der Waals surface area contributed by atoms with Gasteiger partial charge in [-0.1, -0.05) is 18.2 Å². The number of amides is 1. The van der Waals surface area contributed by atoms with E-state index >= 15 is 0 Å². The maximum atomic E-state index is 13.7. The molecule has 0 unspecified atom stereocenters. The van der Waals surface area contributed by atoms with Crippen LogP contribution in [0.1, 0.15) is 12.5 Å². The van der Waals surface area contributed by atoms with E-state index in [0.717, 1.165) is 11.1 Å². The van der Waals surface area contributed by atoms with Gasteiger partial charge in [-0.3, -0.25) is 9.78 Å². The third kappa shape index (κ3) is 6.82. The highest BCUT2D eigenvalue weighted by Crippen LogP contribution is 2.22. The topological polar surface area (TPSA) is 70.5 Å². The molecule has 5 nitrogen and oxygen atoms in total. The summed E-state index contributed by atoms with van der Waals surface area (Å²) in [5.74, 6) is -3.13. The molecule has 0 radical (unpaired) electrons. The van der Waals surface area contributed by atoms with Gasteiger partial charge < -0.3 is 10.0 Å². The number of alkyl halides is 3. The van der Waals surface area contributed by atoms with Crippen molar-refractivity contribution in [2.45, 2.75) is 13.1 Å². The van der Waals surface area contributed by atoms with E-state index in [1.165, 1.54) is 11.0 Å². The molecule has 2 aromatic rings. The highest BCUT2D eigenvalue weighted by atomic mass is 19.4. The van der Waals surface area contributed by atoms with Crippen molar-refractivity contribution in [3.8, 4) is 11.3 Å². The van der Waals surface area contributed by atoms with Gasteiger partial charge in [0.1, 0.15) is 5.82 Å². The van der Waals surface area contributed by atoms with Crippen LogP contribution in [0.4, 0.5) is 17.6 Å². The van der Waals surface area contributed by atoms with Gasteiger partial charge in [-0.25, -0.2) is 9.18 Å². The number of aromatic nitrogens is 1. The Balaban J connectivity index is 0.000000480. The Morgan fingerprint density at radius 1 is 1.11 bits per heavy atom. The van der Waals surface area contributed by atoms with Crippen molar-refractivity contribution in [1.29, 1.82) is 0 Å². The molecule has 0 saturated heterocycles. The molecule has 0 atom stereocenters. The number of carbonyl (C=O) groups excluding carboxylic acids is 1. The average Bonchev–Trinajstić information content (AvgIpc) is 2.62. The van der Waals surface area contributed by atoms with Gasteiger partial charge in [-0.05, 0) is 36.3 Å². The molecule has 0 bridgehead atoms. The van der Waals surface area contributed by atoms with E-state index in [1.54, 1.807) is 50.6 Å². The molecule has 1 amide bonds. The first-order valence-corrected chi connectivity index (χ1v) is 7.84. The highest BCUT2D eigenvalue weighted by molar-refractivity contribution is 5.94. The van der Waals surface area contributed by atoms with E-state index in [2.05, 4.69) is 4.98 Å². The Kier molecular flexibility index (Phi) is 7.85. The summed E-state index contributed by atoms with van der Waals surface area (Å²) in [6.07, 6.45) is -1.88. The highest BCUT2D eigenvalue weighted by Gasteiger charge is 2.38. The number of hydrogen-bond donors (Lipinski definition) is 1. The van der Waals surface area contributed by atoms with E-state index in [-0.39, 0.29) is 11.7 Å². The van der Waals surface area contributed by atoms with Gasteiger partial charge in [0.15, 0.2) is 0 Å². The minimum atomic E-state index is -5.08. The fourth-order valence-corrected chi connectivity index (χ4v) is 1.85. The van der Waals surface area contributed by atoms with Crippen LogP contribution in [-0.2, 0) is 9.59 Å². The Hall–Kier alpha value is -3.23. The zero-order valence-electron chi connectivity index (χ0n) is 15.3. The summed E-state index contributed by atoms with van der Waals surface area (Å²) < 4.78 is 45.4. The molecular weight excluding hydrogens is 380 g/mol. The van der Waals surface area contributed by atoms with Gasteiger partial charge in [0.05, 0.1) is 5.69 Å². The van der Waals surface area contributed by atoms with Crippen LogP contribution in [-0.4, -0.2) is 47.1 Å². The van der Waals surface area contributed by atoms with Crippen molar-refractivity contribution in [2.24, 2.45) is 0 Å². The number of carboxylic acid groups (broad SMARTS) is 1. The lowest BCUT2D eigenvalue weighted by atomic mass is 10.1. The summed E-state index contributed by atoms with van der Waals surface area (Å²) in [4.78, 5) is 26.3. The van der Waals surface area contributed by atoms with Crippen molar-refractivity contribution in [3.05, 3.63) is 60.1 Å². The van der Waals surface area contributed by atoms with Gasteiger partial charge in [-0.15, -0.1) is 0 Å². The van der Waals surface area contributed by atoms with Gasteiger partial charge in [0.25, 0.3) is 0 Å². The van der Waals surface area contributed by atoms with Crippen molar-refractivity contribution >= 4 is 17.4 Å². The number of likely N-dealkylation sites (N-methyl/N-ethyl adjacent to an activating group) is 1. The maximum absolute atomic E-state index is 13.7. The zero-order valence-corrected chi connectivity index (χ0v) is 15.3. The average molecular weight is 398 g/mol. The van der Waals surface area contributed by atoms with Crippen molar-refractivity contribution in [3.63, 3.8) is 0 Å². The van der Waals surface area contributed by atoms with Crippen molar-refractivity contribution in [2.75, 3.05) is 14.1 Å². The molecule has 1 heterocycles. The number of carboxylic acids is 1. The lowest BCUT2D eigenvalue weighted by Crippen LogP contribution is -2.21. The lowest BCUT2D eigenvalue weighted by molar-refractivity contribution is -0.192. The van der Waals surface area contributed by atoms with Crippen LogP contribution in [0.3, 0.4) is 0 Å². The number of aliphatic carboxylic acids is 1. The van der Waals surface area contributed by atoms with Crippen molar-refractivity contribution < 1.29 is 32.3 Å². The standard InChI is InChI=1S/C17H17FN2O.C2HF3O2/c1-12(10-17(21)20(2)3)13-8-9-16(19-11-13)14-6-4-5-7-15(14)18;3-2(4,5)1(6)7/h4-11H,1-3H3;(H,6,7)/b12-10-;. The predicted molar refractivity (Wildman–Crippen MR) is 95.7 cm³/mol.